The minimum atomic E-state index is -0.806. The first kappa shape index (κ1) is 18.7. The first-order valence-electron chi connectivity index (χ1n) is 9.78. The molecule has 0 saturated carbocycles. The van der Waals surface area contributed by atoms with Crippen LogP contribution in [0.5, 0.6) is 0 Å². The van der Waals surface area contributed by atoms with Crippen LogP contribution in [0.4, 0.5) is 10.5 Å². The second-order valence-electron chi connectivity index (χ2n) is 7.29. The van der Waals surface area contributed by atoms with Crippen LogP contribution in [0, 0.1) is 0 Å². The molecule has 2 N–H and O–H groups in total. The molecule has 1 atom stereocenters. The van der Waals surface area contributed by atoms with Gasteiger partial charge in [-0.05, 0) is 56.5 Å². The van der Waals surface area contributed by atoms with Crippen molar-refractivity contribution in [3.63, 3.8) is 0 Å². The monoisotopic (exact) mass is 359 g/mol. The van der Waals surface area contributed by atoms with Crippen LogP contribution in [0.25, 0.3) is 0 Å². The number of nitrogens with zero attached hydrogens (tertiary/aromatic N) is 2. The highest BCUT2D eigenvalue weighted by molar-refractivity contribution is 5.89. The van der Waals surface area contributed by atoms with E-state index in [4.69, 9.17) is 0 Å². The van der Waals surface area contributed by atoms with Crippen molar-refractivity contribution in [1.82, 2.24) is 9.80 Å². The molecule has 26 heavy (non-hydrogen) atoms. The molecule has 2 saturated heterocycles. The van der Waals surface area contributed by atoms with Crippen LogP contribution in [0.2, 0.25) is 0 Å². The summed E-state index contributed by atoms with van der Waals surface area (Å²) in [6.07, 6.45) is 7.80. The zero-order chi connectivity index (χ0) is 18.4. The van der Waals surface area contributed by atoms with Crippen LogP contribution in [0.1, 0.15) is 56.6 Å². The number of anilines is 1. The molecule has 2 heterocycles. The maximum Gasteiger partial charge on any atom is 0.325 e. The first-order valence-corrected chi connectivity index (χ1v) is 9.78. The van der Waals surface area contributed by atoms with Crippen LogP contribution in [-0.2, 0) is 4.79 Å². The van der Waals surface area contributed by atoms with Crippen LogP contribution in [0.3, 0.4) is 0 Å². The van der Waals surface area contributed by atoms with E-state index in [9.17, 15) is 14.7 Å². The van der Waals surface area contributed by atoms with Gasteiger partial charge in [-0.1, -0.05) is 31.4 Å². The highest BCUT2D eigenvalue weighted by atomic mass is 16.4. The minimum Gasteiger partial charge on any atom is -0.480 e. The van der Waals surface area contributed by atoms with Crippen molar-refractivity contribution in [2.45, 2.75) is 51.0 Å². The molecule has 0 aliphatic carbocycles. The zero-order valence-electron chi connectivity index (χ0n) is 15.3. The molecule has 0 bridgehead atoms. The van der Waals surface area contributed by atoms with Crippen molar-refractivity contribution in [2.75, 3.05) is 31.5 Å². The van der Waals surface area contributed by atoms with E-state index in [1.165, 1.54) is 19.3 Å². The summed E-state index contributed by atoms with van der Waals surface area (Å²) in [5, 5.41) is 12.7. The van der Waals surface area contributed by atoms with E-state index < -0.39 is 12.0 Å². The Morgan fingerprint density at radius 3 is 1.96 bits per heavy atom. The molecule has 2 aliphatic heterocycles. The van der Waals surface area contributed by atoms with E-state index in [1.54, 1.807) is 0 Å². The molecule has 2 aliphatic rings. The average molecular weight is 359 g/mol. The second kappa shape index (κ2) is 9.03. The Morgan fingerprint density at radius 1 is 0.846 bits per heavy atom. The number of nitrogens with one attached hydrogen (secondary N) is 1. The minimum absolute atomic E-state index is 0.0752. The Balaban J connectivity index is 1.67. The van der Waals surface area contributed by atoms with Crippen LogP contribution < -0.4 is 5.32 Å². The third kappa shape index (κ3) is 4.75. The van der Waals surface area contributed by atoms with E-state index >= 15 is 0 Å². The number of carboxylic acids is 1. The van der Waals surface area contributed by atoms with Gasteiger partial charge in [0.25, 0.3) is 0 Å². The number of rotatable bonds is 4. The van der Waals surface area contributed by atoms with Gasteiger partial charge >= 0.3 is 12.0 Å². The summed E-state index contributed by atoms with van der Waals surface area (Å²) < 4.78 is 0. The van der Waals surface area contributed by atoms with Gasteiger partial charge in [0.1, 0.15) is 6.04 Å². The first-order chi connectivity index (χ1) is 12.6. The Bertz CT molecular complexity index is 603. The largest absolute Gasteiger partial charge is 0.480 e. The Labute approximate surface area is 155 Å². The van der Waals surface area contributed by atoms with Gasteiger partial charge in [-0.25, -0.2) is 4.79 Å². The zero-order valence-corrected chi connectivity index (χ0v) is 15.3. The fraction of sp³-hybridized carbons (Fsp3) is 0.600. The molecule has 0 aromatic heterocycles. The molecular formula is C20H29N3O3. The molecule has 0 unspecified atom stereocenters. The predicted molar refractivity (Wildman–Crippen MR) is 101 cm³/mol. The third-order valence-electron chi connectivity index (χ3n) is 5.36. The third-order valence-corrected chi connectivity index (χ3v) is 5.36. The molecule has 142 valence electrons. The van der Waals surface area contributed by atoms with Crippen molar-refractivity contribution < 1.29 is 14.7 Å². The molecule has 3 rings (SSSR count). The van der Waals surface area contributed by atoms with Crippen molar-refractivity contribution >= 4 is 17.7 Å². The molecule has 6 heteroatoms. The van der Waals surface area contributed by atoms with E-state index in [0.717, 1.165) is 57.4 Å². The SMILES string of the molecule is O=C(O)[C@@H](c1ccc(NC(=O)N2CCCC2)cc1)N1CCCCCCC1. The normalized spacial score (nSPS) is 20.2. The summed E-state index contributed by atoms with van der Waals surface area (Å²) in [6, 6.07) is 6.59. The Hall–Kier alpha value is -2.08. The summed E-state index contributed by atoms with van der Waals surface area (Å²) in [7, 11) is 0. The smallest absolute Gasteiger partial charge is 0.325 e. The number of carbonyl (C=O) groups is 2. The van der Waals surface area contributed by atoms with E-state index in [2.05, 4.69) is 10.2 Å². The molecule has 0 spiro atoms. The average Bonchev–Trinajstić information content (AvgIpc) is 3.13. The lowest BCUT2D eigenvalue weighted by Crippen LogP contribution is -2.36. The van der Waals surface area contributed by atoms with Gasteiger partial charge in [-0.2, -0.15) is 0 Å². The maximum absolute atomic E-state index is 12.2. The van der Waals surface area contributed by atoms with Crippen molar-refractivity contribution in [1.29, 1.82) is 0 Å². The molecule has 6 nitrogen and oxygen atoms in total. The van der Waals surface area contributed by atoms with E-state index in [0.29, 0.717) is 5.69 Å². The lowest BCUT2D eigenvalue weighted by Gasteiger charge is -2.30. The number of carbonyl (C=O) groups excluding carboxylic acids is 1. The number of likely N-dealkylation sites (tertiary alicyclic amines) is 2. The van der Waals surface area contributed by atoms with Crippen molar-refractivity contribution in [2.24, 2.45) is 0 Å². The number of aliphatic carboxylic acids is 1. The van der Waals surface area contributed by atoms with Crippen molar-refractivity contribution in [3.05, 3.63) is 29.8 Å². The fourth-order valence-corrected chi connectivity index (χ4v) is 3.91. The summed E-state index contributed by atoms with van der Waals surface area (Å²) in [5.74, 6) is -0.806. The topological polar surface area (TPSA) is 72.9 Å². The van der Waals surface area contributed by atoms with Gasteiger partial charge < -0.3 is 15.3 Å². The standard InChI is InChI=1S/C20H29N3O3/c24-19(25)18(22-12-4-2-1-3-5-13-22)16-8-10-17(11-9-16)21-20(26)23-14-6-7-15-23/h8-11,18H,1-7,12-15H2,(H,21,26)(H,24,25)/t18-/m1/s1. The van der Waals surface area contributed by atoms with E-state index in [1.807, 2.05) is 29.2 Å². The van der Waals surface area contributed by atoms with Gasteiger partial charge in [0.2, 0.25) is 0 Å². The summed E-state index contributed by atoms with van der Waals surface area (Å²) in [5.41, 5.74) is 1.49. The summed E-state index contributed by atoms with van der Waals surface area (Å²) >= 11 is 0. The number of benzene rings is 1. The Kier molecular flexibility index (Phi) is 6.50. The molecule has 1 aromatic carbocycles. The van der Waals surface area contributed by atoms with Gasteiger partial charge in [0.15, 0.2) is 0 Å². The van der Waals surface area contributed by atoms with Gasteiger partial charge in [0.05, 0.1) is 0 Å². The number of hydrogen-bond acceptors (Lipinski definition) is 3. The summed E-state index contributed by atoms with van der Waals surface area (Å²) in [4.78, 5) is 28.0. The molecule has 0 radical (unpaired) electrons. The second-order valence-corrected chi connectivity index (χ2v) is 7.29. The van der Waals surface area contributed by atoms with Crippen LogP contribution >= 0.6 is 0 Å². The number of urea groups is 1. The Morgan fingerprint density at radius 2 is 1.38 bits per heavy atom. The highest BCUT2D eigenvalue weighted by Crippen LogP contribution is 2.26. The van der Waals surface area contributed by atoms with Gasteiger partial charge in [-0.15, -0.1) is 0 Å². The number of carboxylic acid groups (broad SMARTS) is 1. The lowest BCUT2D eigenvalue weighted by molar-refractivity contribution is -0.143. The van der Waals surface area contributed by atoms with Gasteiger partial charge in [0, 0.05) is 18.8 Å². The quantitative estimate of drug-likeness (QED) is 0.860. The predicted octanol–water partition coefficient (Wildman–Crippen LogP) is 3.71. The lowest BCUT2D eigenvalue weighted by atomic mass is 10.0. The summed E-state index contributed by atoms with van der Waals surface area (Å²) in [6.45, 7) is 3.26. The fourth-order valence-electron chi connectivity index (χ4n) is 3.91. The van der Waals surface area contributed by atoms with Crippen molar-refractivity contribution in [3.8, 4) is 0 Å². The highest BCUT2D eigenvalue weighted by Gasteiger charge is 2.27. The van der Waals surface area contributed by atoms with Crippen LogP contribution in [-0.4, -0.2) is 53.1 Å². The number of amides is 2. The number of hydrogen-bond donors (Lipinski definition) is 2. The maximum atomic E-state index is 12.2. The molecule has 1 aromatic rings. The molecule has 2 amide bonds. The molecule has 2 fully saturated rings. The van der Waals surface area contributed by atoms with Gasteiger partial charge in [-0.3, -0.25) is 9.69 Å². The molecular weight excluding hydrogens is 330 g/mol. The van der Waals surface area contributed by atoms with Crippen LogP contribution in [0.15, 0.2) is 24.3 Å². The van der Waals surface area contributed by atoms with E-state index in [-0.39, 0.29) is 6.03 Å².